The molecule has 0 aromatic heterocycles. The average molecular weight is 231 g/mol. The molecule has 2 N–H and O–H groups in total. The van der Waals surface area contributed by atoms with Crippen molar-refractivity contribution in [3.8, 4) is 0 Å². The summed E-state index contributed by atoms with van der Waals surface area (Å²) in [7, 11) is 0. The van der Waals surface area contributed by atoms with Crippen molar-refractivity contribution in [1.29, 1.82) is 0 Å². The quantitative estimate of drug-likeness (QED) is 0.514. The predicted molar refractivity (Wildman–Crippen MR) is 50.4 cm³/mol. The first kappa shape index (κ1) is 12.3. The van der Waals surface area contributed by atoms with Crippen LogP contribution in [0.25, 0.3) is 0 Å². The van der Waals surface area contributed by atoms with E-state index < -0.39 is 25.4 Å². The minimum atomic E-state index is -1.18. The van der Waals surface area contributed by atoms with Crippen LogP contribution in [0.5, 0.6) is 0 Å². The number of amides is 1. The lowest BCUT2D eigenvalue weighted by Gasteiger charge is -2.22. The summed E-state index contributed by atoms with van der Waals surface area (Å²) in [6.45, 7) is -1.02. The van der Waals surface area contributed by atoms with Gasteiger partial charge in [-0.15, -0.1) is 0 Å². The first-order valence-corrected chi connectivity index (χ1v) is 4.88. The highest BCUT2D eigenvalue weighted by Gasteiger charge is 2.26. The van der Waals surface area contributed by atoms with Crippen LogP contribution in [0.3, 0.4) is 0 Å². The number of alkyl carbamates (subject to hydrolysis) is 1. The van der Waals surface area contributed by atoms with Gasteiger partial charge in [-0.1, -0.05) is 6.42 Å². The van der Waals surface area contributed by atoms with Gasteiger partial charge in [0.1, 0.15) is 6.54 Å². The molecule has 7 nitrogen and oxygen atoms in total. The molecule has 0 heterocycles. The van der Waals surface area contributed by atoms with E-state index in [4.69, 9.17) is 5.11 Å². The van der Waals surface area contributed by atoms with E-state index >= 15 is 0 Å². The largest absolute Gasteiger partial charge is 0.480 e. The van der Waals surface area contributed by atoms with Gasteiger partial charge in [-0.25, -0.2) is 4.79 Å². The Kier molecular flexibility index (Phi) is 4.56. The van der Waals surface area contributed by atoms with Gasteiger partial charge in [-0.3, -0.25) is 9.59 Å². The number of carboxylic acid groups (broad SMARTS) is 1. The number of hydrogen-bond donors (Lipinski definition) is 2. The van der Waals surface area contributed by atoms with Gasteiger partial charge in [0.2, 0.25) is 6.79 Å². The van der Waals surface area contributed by atoms with Gasteiger partial charge in [0, 0.05) is 0 Å². The summed E-state index contributed by atoms with van der Waals surface area (Å²) in [6.07, 6.45) is 1.71. The van der Waals surface area contributed by atoms with Crippen molar-refractivity contribution < 1.29 is 29.0 Å². The summed E-state index contributed by atoms with van der Waals surface area (Å²) < 4.78 is 9.08. The summed E-state index contributed by atoms with van der Waals surface area (Å²) >= 11 is 0. The van der Waals surface area contributed by atoms with Crippen LogP contribution in [-0.2, 0) is 19.1 Å². The highest BCUT2D eigenvalue weighted by molar-refractivity contribution is 5.76. The number of carbonyl (C=O) groups excluding carboxylic acids is 2. The Balaban J connectivity index is 2.03. The molecule has 1 aliphatic rings. The van der Waals surface area contributed by atoms with Crippen LogP contribution in [0, 0.1) is 5.92 Å². The maximum absolute atomic E-state index is 11.1. The van der Waals surface area contributed by atoms with Crippen LogP contribution in [0.1, 0.15) is 19.3 Å². The van der Waals surface area contributed by atoms with Gasteiger partial charge in [0.15, 0.2) is 0 Å². The minimum Gasteiger partial charge on any atom is -0.480 e. The molecule has 0 bridgehead atoms. The lowest BCUT2D eigenvalue weighted by atomic mass is 9.86. The topological polar surface area (TPSA) is 102 Å². The molecule has 0 radical (unpaired) electrons. The molecule has 0 aromatic carbocycles. The third-order valence-electron chi connectivity index (χ3n) is 2.21. The number of rotatable bonds is 5. The third-order valence-corrected chi connectivity index (χ3v) is 2.21. The van der Waals surface area contributed by atoms with Gasteiger partial charge < -0.3 is 19.9 Å². The second-order valence-corrected chi connectivity index (χ2v) is 3.39. The van der Waals surface area contributed by atoms with E-state index in [9.17, 15) is 14.4 Å². The van der Waals surface area contributed by atoms with Gasteiger partial charge in [0.05, 0.1) is 5.92 Å². The van der Waals surface area contributed by atoms with Crippen molar-refractivity contribution in [1.82, 2.24) is 5.32 Å². The molecule has 0 saturated heterocycles. The van der Waals surface area contributed by atoms with Crippen molar-refractivity contribution >= 4 is 18.0 Å². The molecule has 1 saturated carbocycles. The van der Waals surface area contributed by atoms with Crippen LogP contribution >= 0.6 is 0 Å². The zero-order valence-corrected chi connectivity index (χ0v) is 8.60. The van der Waals surface area contributed by atoms with Gasteiger partial charge in [-0.05, 0) is 12.8 Å². The highest BCUT2D eigenvalue weighted by Crippen LogP contribution is 2.27. The van der Waals surface area contributed by atoms with Crippen molar-refractivity contribution in [3.63, 3.8) is 0 Å². The third kappa shape index (κ3) is 4.16. The molecule has 0 spiro atoms. The minimum absolute atomic E-state index is 0.0781. The Morgan fingerprint density at radius 2 is 1.94 bits per heavy atom. The van der Waals surface area contributed by atoms with E-state index in [0.29, 0.717) is 0 Å². The zero-order valence-electron chi connectivity index (χ0n) is 8.60. The standard InChI is InChI=1S/C9H13NO6/c11-7(12)4-10-9(14)16-5-15-8(13)6-2-1-3-6/h6H,1-5H2,(H,10,14)(H,11,12). The van der Waals surface area contributed by atoms with Crippen LogP contribution in [-0.4, -0.2) is 36.5 Å². The van der Waals surface area contributed by atoms with Crippen LogP contribution in [0.2, 0.25) is 0 Å². The molecule has 1 fully saturated rings. The smallest absolute Gasteiger partial charge is 0.410 e. The highest BCUT2D eigenvalue weighted by atomic mass is 16.7. The molecule has 0 unspecified atom stereocenters. The van der Waals surface area contributed by atoms with Crippen molar-refractivity contribution in [2.24, 2.45) is 5.92 Å². The fourth-order valence-corrected chi connectivity index (χ4v) is 1.10. The normalized spacial score (nSPS) is 14.8. The molecule has 0 atom stereocenters. The fraction of sp³-hybridized carbons (Fsp3) is 0.667. The van der Waals surface area contributed by atoms with Gasteiger partial charge >= 0.3 is 18.0 Å². The Labute approximate surface area is 91.7 Å². The maximum Gasteiger partial charge on any atom is 0.410 e. The number of nitrogens with one attached hydrogen (secondary N) is 1. The zero-order chi connectivity index (χ0) is 12.0. The second-order valence-electron chi connectivity index (χ2n) is 3.39. The van der Waals surface area contributed by atoms with E-state index in [1.54, 1.807) is 0 Å². The molecule has 16 heavy (non-hydrogen) atoms. The number of ether oxygens (including phenoxy) is 2. The molecule has 90 valence electrons. The number of esters is 1. The summed E-state index contributed by atoms with van der Waals surface area (Å²) in [5.41, 5.74) is 0. The summed E-state index contributed by atoms with van der Waals surface area (Å²) in [4.78, 5) is 32.0. The number of aliphatic carboxylic acids is 1. The Bertz CT molecular complexity index is 286. The lowest BCUT2D eigenvalue weighted by Crippen LogP contribution is -2.31. The Morgan fingerprint density at radius 3 is 2.44 bits per heavy atom. The van der Waals surface area contributed by atoms with E-state index in [1.165, 1.54) is 0 Å². The molecule has 1 rings (SSSR count). The number of carboxylic acids is 1. The van der Waals surface area contributed by atoms with E-state index in [2.05, 4.69) is 9.47 Å². The molecule has 0 aliphatic heterocycles. The van der Waals surface area contributed by atoms with Crippen molar-refractivity contribution in [3.05, 3.63) is 0 Å². The van der Waals surface area contributed by atoms with E-state index in [0.717, 1.165) is 19.3 Å². The lowest BCUT2D eigenvalue weighted by molar-refractivity contribution is -0.159. The first-order valence-electron chi connectivity index (χ1n) is 4.88. The first-order chi connectivity index (χ1) is 7.59. The monoisotopic (exact) mass is 231 g/mol. The number of hydrogen-bond acceptors (Lipinski definition) is 5. The van der Waals surface area contributed by atoms with Crippen LogP contribution in [0.15, 0.2) is 0 Å². The SMILES string of the molecule is O=C(O)CNC(=O)OCOC(=O)C1CCC1. The molecular weight excluding hydrogens is 218 g/mol. The van der Waals surface area contributed by atoms with Gasteiger partial charge in [-0.2, -0.15) is 0 Å². The fourth-order valence-electron chi connectivity index (χ4n) is 1.10. The van der Waals surface area contributed by atoms with Crippen LogP contribution in [0.4, 0.5) is 4.79 Å². The Hall–Kier alpha value is -1.79. The molecular formula is C9H13NO6. The van der Waals surface area contributed by atoms with Crippen molar-refractivity contribution in [2.75, 3.05) is 13.3 Å². The van der Waals surface area contributed by atoms with Crippen molar-refractivity contribution in [2.45, 2.75) is 19.3 Å². The Morgan fingerprint density at radius 1 is 1.25 bits per heavy atom. The average Bonchev–Trinajstić information content (AvgIpc) is 2.11. The summed E-state index contributed by atoms with van der Waals surface area (Å²) in [6, 6.07) is 0. The van der Waals surface area contributed by atoms with Crippen LogP contribution < -0.4 is 5.32 Å². The molecule has 1 amide bonds. The number of carbonyl (C=O) groups is 3. The van der Waals surface area contributed by atoms with E-state index in [-0.39, 0.29) is 11.9 Å². The molecule has 7 heteroatoms. The summed E-state index contributed by atoms with van der Waals surface area (Å²) in [5.74, 6) is -1.63. The van der Waals surface area contributed by atoms with E-state index in [1.807, 2.05) is 5.32 Å². The molecule has 0 aromatic rings. The summed E-state index contributed by atoms with van der Waals surface area (Å²) in [5, 5.41) is 10.2. The predicted octanol–water partition coefficient (Wildman–Crippen LogP) is 0.0980. The maximum atomic E-state index is 11.1. The second kappa shape index (κ2) is 5.94. The van der Waals surface area contributed by atoms with Gasteiger partial charge in [0.25, 0.3) is 0 Å². The molecule has 1 aliphatic carbocycles.